The smallest absolute Gasteiger partial charge is 0.408 e. The monoisotopic (exact) mass is 512 g/mol. The van der Waals surface area contributed by atoms with Crippen LogP contribution >= 0.6 is 0 Å². The van der Waals surface area contributed by atoms with E-state index in [1.807, 2.05) is 45.0 Å². The van der Waals surface area contributed by atoms with Gasteiger partial charge in [-0.25, -0.2) is 4.79 Å². The van der Waals surface area contributed by atoms with E-state index in [-0.39, 0.29) is 24.4 Å². The molecule has 2 atom stereocenters. The van der Waals surface area contributed by atoms with E-state index in [9.17, 15) is 19.6 Å². The number of amides is 3. The number of benzene rings is 1. The fraction of sp³-hybridized carbons (Fsp3) is 0.655. The minimum atomic E-state index is -0.991. The second-order valence-corrected chi connectivity index (χ2v) is 11.3. The van der Waals surface area contributed by atoms with Crippen LogP contribution in [0, 0.1) is 17.2 Å². The van der Waals surface area contributed by atoms with Gasteiger partial charge in [-0.1, -0.05) is 64.3 Å². The molecule has 3 amide bonds. The highest BCUT2D eigenvalue weighted by atomic mass is 16.6. The lowest BCUT2D eigenvalue weighted by Gasteiger charge is -2.34. The van der Waals surface area contributed by atoms with E-state index >= 15 is 0 Å². The highest BCUT2D eigenvalue weighted by Gasteiger charge is 2.37. The van der Waals surface area contributed by atoms with Gasteiger partial charge in [0.05, 0.1) is 6.07 Å². The summed E-state index contributed by atoms with van der Waals surface area (Å²) >= 11 is 0. The van der Waals surface area contributed by atoms with Gasteiger partial charge in [0, 0.05) is 6.04 Å². The lowest BCUT2D eigenvalue weighted by Crippen LogP contribution is -2.54. The van der Waals surface area contributed by atoms with E-state index in [1.54, 1.807) is 20.8 Å². The van der Waals surface area contributed by atoms with E-state index in [2.05, 4.69) is 16.7 Å². The van der Waals surface area contributed by atoms with Crippen molar-refractivity contribution in [3.63, 3.8) is 0 Å². The van der Waals surface area contributed by atoms with E-state index in [0.29, 0.717) is 12.0 Å². The van der Waals surface area contributed by atoms with Crippen LogP contribution in [0.25, 0.3) is 0 Å². The van der Waals surface area contributed by atoms with E-state index in [1.165, 1.54) is 4.90 Å². The van der Waals surface area contributed by atoms with Gasteiger partial charge in [-0.2, -0.15) is 5.26 Å². The van der Waals surface area contributed by atoms with Crippen LogP contribution in [0.2, 0.25) is 0 Å². The molecule has 1 aliphatic carbocycles. The molecule has 37 heavy (non-hydrogen) atoms. The van der Waals surface area contributed by atoms with Crippen molar-refractivity contribution < 1.29 is 19.1 Å². The SMILES string of the molecule is CCc1ccc(C(C(=O)NC2CCCCC2)N(CC#N)C(=O)C(CC(C)C)NC(=O)OC(C)(C)C)cc1. The van der Waals surface area contributed by atoms with Gasteiger partial charge in [0.1, 0.15) is 24.2 Å². The van der Waals surface area contributed by atoms with Crippen molar-refractivity contribution in [1.82, 2.24) is 15.5 Å². The maximum absolute atomic E-state index is 13.9. The first-order chi connectivity index (χ1) is 17.4. The van der Waals surface area contributed by atoms with Crippen LogP contribution < -0.4 is 10.6 Å². The molecular weight excluding hydrogens is 468 g/mol. The van der Waals surface area contributed by atoms with Crippen molar-refractivity contribution in [2.45, 2.75) is 110 Å². The molecule has 204 valence electrons. The molecule has 0 heterocycles. The summed E-state index contributed by atoms with van der Waals surface area (Å²) in [6, 6.07) is 7.75. The predicted molar refractivity (Wildman–Crippen MR) is 144 cm³/mol. The summed E-state index contributed by atoms with van der Waals surface area (Å²) in [4.78, 5) is 41.5. The second-order valence-electron chi connectivity index (χ2n) is 11.3. The van der Waals surface area contributed by atoms with Crippen molar-refractivity contribution in [2.24, 2.45) is 5.92 Å². The Kier molecular flexibility index (Phi) is 11.4. The highest BCUT2D eigenvalue weighted by Crippen LogP contribution is 2.26. The number of hydrogen-bond acceptors (Lipinski definition) is 5. The van der Waals surface area contributed by atoms with Crippen LogP contribution in [0.3, 0.4) is 0 Å². The molecule has 1 aliphatic rings. The fourth-order valence-electron chi connectivity index (χ4n) is 4.65. The molecule has 0 saturated heterocycles. The summed E-state index contributed by atoms with van der Waals surface area (Å²) in [6.45, 7) is 10.9. The molecule has 0 aliphatic heterocycles. The Balaban J connectivity index is 2.43. The molecule has 1 aromatic rings. The minimum Gasteiger partial charge on any atom is -0.444 e. The van der Waals surface area contributed by atoms with Crippen molar-refractivity contribution >= 4 is 17.9 Å². The highest BCUT2D eigenvalue weighted by molar-refractivity contribution is 5.92. The summed E-state index contributed by atoms with van der Waals surface area (Å²) in [5.41, 5.74) is 1.01. The number of carbonyl (C=O) groups is 3. The van der Waals surface area contributed by atoms with Gasteiger partial charge >= 0.3 is 6.09 Å². The van der Waals surface area contributed by atoms with Gasteiger partial charge in [0.25, 0.3) is 0 Å². The first kappa shape index (κ1) is 30.1. The van der Waals surface area contributed by atoms with Gasteiger partial charge in [0.2, 0.25) is 11.8 Å². The normalized spacial score (nSPS) is 15.8. The maximum atomic E-state index is 13.9. The van der Waals surface area contributed by atoms with Crippen LogP contribution in [0.4, 0.5) is 4.79 Å². The molecule has 0 bridgehead atoms. The van der Waals surface area contributed by atoms with E-state index < -0.39 is 29.7 Å². The number of nitrogens with zero attached hydrogens (tertiary/aromatic N) is 2. The molecule has 1 saturated carbocycles. The number of rotatable bonds is 10. The molecule has 8 nitrogen and oxygen atoms in total. The summed E-state index contributed by atoms with van der Waals surface area (Å²) < 4.78 is 5.39. The third-order valence-corrected chi connectivity index (χ3v) is 6.44. The van der Waals surface area contributed by atoms with E-state index in [0.717, 1.165) is 44.1 Å². The zero-order valence-corrected chi connectivity index (χ0v) is 23.3. The Morgan fingerprint density at radius 1 is 1.11 bits per heavy atom. The van der Waals surface area contributed by atoms with Crippen molar-refractivity contribution in [1.29, 1.82) is 5.26 Å². The first-order valence-corrected chi connectivity index (χ1v) is 13.5. The Morgan fingerprint density at radius 2 is 1.73 bits per heavy atom. The summed E-state index contributed by atoms with van der Waals surface area (Å²) in [5, 5.41) is 15.5. The molecule has 1 aromatic carbocycles. The molecule has 2 N–H and O–H groups in total. The zero-order valence-electron chi connectivity index (χ0n) is 23.3. The quantitative estimate of drug-likeness (QED) is 0.427. The van der Waals surface area contributed by atoms with Crippen molar-refractivity contribution in [3.05, 3.63) is 35.4 Å². The molecule has 2 unspecified atom stereocenters. The number of nitriles is 1. The average molecular weight is 513 g/mol. The van der Waals surface area contributed by atoms with Crippen LogP contribution in [-0.4, -0.2) is 47.0 Å². The Morgan fingerprint density at radius 3 is 2.24 bits per heavy atom. The number of nitrogens with one attached hydrogen (secondary N) is 2. The van der Waals surface area contributed by atoms with Gasteiger partial charge in [0.15, 0.2) is 0 Å². The molecule has 8 heteroatoms. The molecular formula is C29H44N4O4. The Labute approximate surface area is 222 Å². The van der Waals surface area contributed by atoms with Gasteiger partial charge in [-0.3, -0.25) is 9.59 Å². The van der Waals surface area contributed by atoms with Crippen molar-refractivity contribution in [2.75, 3.05) is 6.54 Å². The number of ether oxygens (including phenoxy) is 1. The summed E-state index contributed by atoms with van der Waals surface area (Å²) in [7, 11) is 0. The minimum absolute atomic E-state index is 0.0454. The molecule has 0 aromatic heterocycles. The molecule has 2 rings (SSSR count). The van der Waals surface area contributed by atoms with Gasteiger partial charge < -0.3 is 20.3 Å². The second kappa shape index (κ2) is 14.0. The average Bonchev–Trinajstić information content (AvgIpc) is 2.82. The largest absolute Gasteiger partial charge is 0.444 e. The Bertz CT molecular complexity index is 940. The number of carbonyl (C=O) groups excluding carboxylic acids is 3. The first-order valence-electron chi connectivity index (χ1n) is 13.5. The van der Waals surface area contributed by atoms with Crippen LogP contribution in [-0.2, 0) is 20.7 Å². The summed E-state index contributed by atoms with van der Waals surface area (Å²) in [6.07, 6.45) is 5.53. The zero-order chi connectivity index (χ0) is 27.6. The van der Waals surface area contributed by atoms with Gasteiger partial charge in [-0.05, 0) is 63.5 Å². The van der Waals surface area contributed by atoms with Crippen LogP contribution in [0.5, 0.6) is 0 Å². The fourth-order valence-corrected chi connectivity index (χ4v) is 4.65. The molecule has 0 spiro atoms. The lowest BCUT2D eigenvalue weighted by atomic mass is 9.94. The van der Waals surface area contributed by atoms with Gasteiger partial charge in [-0.15, -0.1) is 0 Å². The number of hydrogen-bond donors (Lipinski definition) is 2. The Hall–Kier alpha value is -3.08. The number of aryl methyl sites for hydroxylation is 1. The molecule has 0 radical (unpaired) electrons. The predicted octanol–water partition coefficient (Wildman–Crippen LogP) is 5.03. The third kappa shape index (κ3) is 9.71. The summed E-state index contributed by atoms with van der Waals surface area (Å²) in [5.74, 6) is -0.712. The van der Waals surface area contributed by atoms with Crippen LogP contribution in [0.15, 0.2) is 24.3 Å². The lowest BCUT2D eigenvalue weighted by molar-refractivity contribution is -0.142. The van der Waals surface area contributed by atoms with Crippen molar-refractivity contribution in [3.8, 4) is 6.07 Å². The third-order valence-electron chi connectivity index (χ3n) is 6.44. The standard InChI is InChI=1S/C29H44N4O4/c1-7-21-13-15-22(16-14-21)25(26(34)31-23-11-9-8-10-12-23)33(18-17-30)27(35)24(19-20(2)3)32-28(36)37-29(4,5)6/h13-16,20,23-25H,7-12,18-19H2,1-6H3,(H,31,34)(H,32,36). The topological polar surface area (TPSA) is 112 Å². The van der Waals surface area contributed by atoms with E-state index in [4.69, 9.17) is 4.74 Å². The van der Waals surface area contributed by atoms with Crippen LogP contribution in [0.1, 0.15) is 97.2 Å². The maximum Gasteiger partial charge on any atom is 0.408 e. The molecule has 1 fully saturated rings. The number of alkyl carbamates (subject to hydrolysis) is 1.